The summed E-state index contributed by atoms with van der Waals surface area (Å²) in [6, 6.07) is 5.01. The Morgan fingerprint density at radius 2 is 2.00 bits per heavy atom. The molecule has 1 heterocycles. The second-order valence-corrected chi connectivity index (χ2v) is 7.48. The molecular formula is C21H29ClN2O4. The van der Waals surface area contributed by atoms with Crippen molar-refractivity contribution in [3.8, 4) is 0 Å². The molecule has 3 rings (SSSR count). The van der Waals surface area contributed by atoms with Crippen molar-refractivity contribution in [2.45, 2.75) is 58.6 Å². The first-order valence-corrected chi connectivity index (χ1v) is 9.62. The minimum Gasteiger partial charge on any atom is -0.423 e. The molecule has 1 aromatic heterocycles. The normalized spacial score (nSPS) is 21.9. The highest BCUT2D eigenvalue weighted by molar-refractivity contribution is 5.96. The number of ether oxygens (including phenoxy) is 1. The molecule has 1 aromatic carbocycles. The number of fused-ring (bicyclic) bond motifs is 1. The average Bonchev–Trinajstić information content (AvgIpc) is 2.61. The van der Waals surface area contributed by atoms with Crippen LogP contribution in [0.2, 0.25) is 0 Å². The van der Waals surface area contributed by atoms with Crippen LogP contribution in [-0.2, 0) is 9.53 Å². The fourth-order valence-corrected chi connectivity index (χ4v) is 3.73. The van der Waals surface area contributed by atoms with Crippen LogP contribution in [0.25, 0.3) is 11.0 Å². The molecule has 28 heavy (non-hydrogen) atoms. The van der Waals surface area contributed by atoms with Gasteiger partial charge in [0.15, 0.2) is 0 Å². The summed E-state index contributed by atoms with van der Waals surface area (Å²) in [4.78, 5) is 24.3. The molecule has 1 amide bonds. The highest BCUT2D eigenvalue weighted by Gasteiger charge is 2.32. The van der Waals surface area contributed by atoms with Gasteiger partial charge in [0.05, 0.1) is 6.10 Å². The summed E-state index contributed by atoms with van der Waals surface area (Å²) in [6.45, 7) is 6.53. The molecule has 0 spiro atoms. The summed E-state index contributed by atoms with van der Waals surface area (Å²) in [5.74, 6) is -0.136. The van der Waals surface area contributed by atoms with Crippen LogP contribution in [-0.4, -0.2) is 24.7 Å². The van der Waals surface area contributed by atoms with E-state index < -0.39 is 0 Å². The number of amides is 1. The van der Waals surface area contributed by atoms with Crippen molar-refractivity contribution in [1.82, 2.24) is 0 Å². The summed E-state index contributed by atoms with van der Waals surface area (Å²) in [5.41, 5.74) is 8.82. The first-order valence-electron chi connectivity index (χ1n) is 9.62. The van der Waals surface area contributed by atoms with Crippen molar-refractivity contribution in [2.75, 3.05) is 11.9 Å². The van der Waals surface area contributed by atoms with Gasteiger partial charge in [-0.2, -0.15) is 0 Å². The van der Waals surface area contributed by atoms with Crippen molar-refractivity contribution in [1.29, 1.82) is 0 Å². The fourth-order valence-electron chi connectivity index (χ4n) is 3.73. The molecule has 0 saturated heterocycles. The lowest BCUT2D eigenvalue weighted by atomic mass is 9.83. The van der Waals surface area contributed by atoms with E-state index in [0.717, 1.165) is 41.5 Å². The predicted molar refractivity (Wildman–Crippen MR) is 113 cm³/mol. The van der Waals surface area contributed by atoms with E-state index in [4.69, 9.17) is 14.9 Å². The first-order chi connectivity index (χ1) is 12.9. The molecule has 1 aliphatic rings. The SMILES string of the molecule is CCCO[C@@H]1CC[C@H](C(=O)Nc2cc3c(C)cc(=O)oc3cc2C)C[C@H]1N.Cl. The summed E-state index contributed by atoms with van der Waals surface area (Å²) in [7, 11) is 0. The maximum atomic E-state index is 12.8. The Balaban J connectivity index is 0.00000280. The average molecular weight is 409 g/mol. The third-order valence-electron chi connectivity index (χ3n) is 5.29. The van der Waals surface area contributed by atoms with Crippen molar-refractivity contribution < 1.29 is 13.9 Å². The van der Waals surface area contributed by atoms with Gasteiger partial charge >= 0.3 is 5.63 Å². The van der Waals surface area contributed by atoms with Crippen molar-refractivity contribution in [3.63, 3.8) is 0 Å². The molecule has 2 aromatic rings. The zero-order valence-corrected chi connectivity index (χ0v) is 17.4. The van der Waals surface area contributed by atoms with E-state index >= 15 is 0 Å². The Bertz CT molecular complexity index is 896. The second-order valence-electron chi connectivity index (χ2n) is 7.48. The molecule has 1 fully saturated rings. The summed E-state index contributed by atoms with van der Waals surface area (Å²) < 4.78 is 11.0. The van der Waals surface area contributed by atoms with Crippen molar-refractivity contribution in [3.05, 3.63) is 39.7 Å². The number of nitrogens with one attached hydrogen (secondary N) is 1. The number of carbonyl (C=O) groups excluding carboxylic acids is 1. The molecular weight excluding hydrogens is 380 g/mol. The van der Waals surface area contributed by atoms with Gasteiger partial charge in [-0.3, -0.25) is 4.79 Å². The molecule has 1 saturated carbocycles. The third kappa shape index (κ3) is 4.93. The highest BCUT2D eigenvalue weighted by atomic mass is 35.5. The first kappa shape index (κ1) is 22.4. The van der Waals surface area contributed by atoms with Crippen LogP contribution in [0.4, 0.5) is 5.69 Å². The predicted octanol–water partition coefficient (Wildman–Crippen LogP) is 3.69. The maximum Gasteiger partial charge on any atom is 0.336 e. The number of hydrogen-bond acceptors (Lipinski definition) is 5. The van der Waals surface area contributed by atoms with Crippen LogP contribution in [0.5, 0.6) is 0 Å². The monoisotopic (exact) mass is 408 g/mol. The van der Waals surface area contributed by atoms with Gasteiger partial charge in [0.1, 0.15) is 5.58 Å². The number of anilines is 1. The number of rotatable bonds is 5. The topological polar surface area (TPSA) is 94.6 Å². The maximum absolute atomic E-state index is 12.8. The van der Waals surface area contributed by atoms with E-state index in [0.29, 0.717) is 18.6 Å². The van der Waals surface area contributed by atoms with Crippen molar-refractivity contribution >= 4 is 35.0 Å². The van der Waals surface area contributed by atoms with Crippen LogP contribution >= 0.6 is 12.4 Å². The Morgan fingerprint density at radius 1 is 1.25 bits per heavy atom. The van der Waals surface area contributed by atoms with Gasteiger partial charge in [0, 0.05) is 35.7 Å². The fraction of sp³-hybridized carbons (Fsp3) is 0.524. The van der Waals surface area contributed by atoms with Gasteiger partial charge in [-0.1, -0.05) is 6.92 Å². The number of aryl methyl sites for hydroxylation is 2. The Morgan fingerprint density at radius 3 is 2.68 bits per heavy atom. The summed E-state index contributed by atoms with van der Waals surface area (Å²) in [5, 5.41) is 3.86. The largest absolute Gasteiger partial charge is 0.423 e. The number of nitrogens with two attached hydrogens (primary N) is 1. The molecule has 3 N–H and O–H groups in total. The van der Waals surface area contributed by atoms with Gasteiger partial charge in [0.25, 0.3) is 0 Å². The van der Waals surface area contributed by atoms with E-state index in [-0.39, 0.29) is 42.0 Å². The Hall–Kier alpha value is -1.89. The quantitative estimate of drug-likeness (QED) is 0.735. The van der Waals surface area contributed by atoms with E-state index in [1.54, 1.807) is 6.07 Å². The molecule has 0 unspecified atom stereocenters. The zero-order chi connectivity index (χ0) is 19.6. The number of benzene rings is 1. The summed E-state index contributed by atoms with van der Waals surface area (Å²) >= 11 is 0. The number of hydrogen-bond donors (Lipinski definition) is 2. The standard InChI is InChI=1S/C21H28N2O4.ClH/c1-4-7-26-18-6-5-14(10-16(18)22)21(25)23-17-11-15-12(2)9-20(24)27-19(15)8-13(17)3;/h8-9,11,14,16,18H,4-7,10,22H2,1-3H3,(H,23,25);1H/t14-,16+,18+;/m0./s1. The van der Waals surface area contributed by atoms with Crippen molar-refractivity contribution in [2.24, 2.45) is 11.7 Å². The second kappa shape index (κ2) is 9.54. The van der Waals surface area contributed by atoms with E-state index in [1.807, 2.05) is 19.9 Å². The molecule has 0 aliphatic heterocycles. The van der Waals surface area contributed by atoms with Crippen LogP contribution in [0.3, 0.4) is 0 Å². The molecule has 0 radical (unpaired) electrons. The van der Waals surface area contributed by atoms with Crippen LogP contribution in [0, 0.1) is 19.8 Å². The van der Waals surface area contributed by atoms with Gasteiger partial charge in [-0.25, -0.2) is 4.79 Å². The van der Waals surface area contributed by atoms with Gasteiger partial charge in [-0.15, -0.1) is 12.4 Å². The third-order valence-corrected chi connectivity index (χ3v) is 5.29. The molecule has 1 aliphatic carbocycles. The lowest BCUT2D eigenvalue weighted by Gasteiger charge is -2.33. The van der Waals surface area contributed by atoms with Crippen LogP contribution in [0.1, 0.15) is 43.7 Å². The van der Waals surface area contributed by atoms with E-state index in [2.05, 4.69) is 12.2 Å². The minimum absolute atomic E-state index is 0. The van der Waals surface area contributed by atoms with Gasteiger partial charge in [0.2, 0.25) is 5.91 Å². The highest BCUT2D eigenvalue weighted by Crippen LogP contribution is 2.29. The van der Waals surface area contributed by atoms with E-state index in [1.165, 1.54) is 6.07 Å². The molecule has 3 atom stereocenters. The van der Waals surface area contributed by atoms with Gasteiger partial charge < -0.3 is 20.2 Å². The molecule has 154 valence electrons. The Kier molecular flexibility index (Phi) is 7.63. The summed E-state index contributed by atoms with van der Waals surface area (Å²) in [6.07, 6.45) is 3.21. The molecule has 6 nitrogen and oxygen atoms in total. The zero-order valence-electron chi connectivity index (χ0n) is 16.6. The minimum atomic E-state index is -0.368. The number of carbonyl (C=O) groups is 1. The van der Waals surface area contributed by atoms with Crippen LogP contribution < -0.4 is 16.7 Å². The number of halogens is 1. The lowest BCUT2D eigenvalue weighted by molar-refractivity contribution is -0.122. The molecule has 0 bridgehead atoms. The van der Waals surface area contributed by atoms with Crippen LogP contribution in [0.15, 0.2) is 27.4 Å². The van der Waals surface area contributed by atoms with Gasteiger partial charge in [-0.05, 0) is 62.8 Å². The van der Waals surface area contributed by atoms with E-state index in [9.17, 15) is 9.59 Å². The molecule has 7 heteroatoms. The lowest BCUT2D eigenvalue weighted by Crippen LogP contribution is -2.45. The Labute approximate surface area is 171 Å². The smallest absolute Gasteiger partial charge is 0.336 e.